The fourth-order valence-corrected chi connectivity index (χ4v) is 11.0. The Hall–Kier alpha value is -4.77. The molecule has 4 aliphatic rings. The number of aryl methyl sites for hydroxylation is 1. The first kappa shape index (κ1) is 45.8. The van der Waals surface area contributed by atoms with Gasteiger partial charge >= 0.3 is 0 Å². The first-order valence-corrected chi connectivity index (χ1v) is 23.5. The van der Waals surface area contributed by atoms with E-state index in [1.807, 2.05) is 6.07 Å². The lowest BCUT2D eigenvalue weighted by Crippen LogP contribution is -3.00. The van der Waals surface area contributed by atoms with Crippen LogP contribution in [0.2, 0.25) is 0 Å². The lowest BCUT2D eigenvalue weighted by atomic mass is 9.81. The number of likely N-dealkylation sites (tertiary alicyclic amines) is 1. The van der Waals surface area contributed by atoms with Crippen LogP contribution in [0, 0.1) is 0 Å². The minimum Gasteiger partial charge on any atom is -1.00 e. The molecule has 7 nitrogen and oxygen atoms in total. The number of amides is 1. The summed E-state index contributed by atoms with van der Waals surface area (Å²) >= 11 is 0. The number of aromatic nitrogens is 1. The van der Waals surface area contributed by atoms with E-state index in [1.165, 1.54) is 62.4 Å². The smallest absolute Gasteiger partial charge is 0.224 e. The SMILES string of the molecule is C[N+]1=C(/C=C/C=C/C=C2/N(CCCCCC(=O)Nc3ccc4ccn(CCCCN5CCC6(CC5)OCc5ccccc56)c4c3)c3ccccc3C2(C)C)C(C)(C)c2ccccc21.[I-]. The van der Waals surface area contributed by atoms with Gasteiger partial charge in [-0.1, -0.05) is 105 Å². The van der Waals surface area contributed by atoms with Gasteiger partial charge in [0.05, 0.1) is 23.1 Å². The Morgan fingerprint density at radius 3 is 2.28 bits per heavy atom. The molecule has 5 heterocycles. The molecule has 0 bridgehead atoms. The third-order valence-corrected chi connectivity index (χ3v) is 14.6. The summed E-state index contributed by atoms with van der Waals surface area (Å²) in [5.41, 5.74) is 12.5. The molecule has 0 atom stereocenters. The average molecular weight is 968 g/mol. The number of carbonyl (C=O) groups excluding carboxylic acids is 1. The van der Waals surface area contributed by atoms with E-state index in [9.17, 15) is 4.79 Å². The minimum absolute atomic E-state index is 0. The minimum atomic E-state index is -0.105. The highest BCUT2D eigenvalue weighted by Gasteiger charge is 2.44. The van der Waals surface area contributed by atoms with Crippen molar-refractivity contribution in [2.75, 3.05) is 43.4 Å². The number of fused-ring (bicyclic) bond motifs is 5. The molecule has 1 fully saturated rings. The summed E-state index contributed by atoms with van der Waals surface area (Å²) in [6.07, 6.45) is 21.1. The number of ether oxygens (including phenoxy) is 1. The van der Waals surface area contributed by atoms with Crippen LogP contribution in [-0.4, -0.2) is 58.9 Å². The first-order valence-electron chi connectivity index (χ1n) is 23.5. The summed E-state index contributed by atoms with van der Waals surface area (Å²) in [5.74, 6) is 0.0860. The summed E-state index contributed by atoms with van der Waals surface area (Å²) in [5, 5.41) is 4.42. The Morgan fingerprint density at radius 2 is 1.47 bits per heavy atom. The number of para-hydroxylation sites is 2. The molecule has 5 aromatic rings. The van der Waals surface area contributed by atoms with Crippen molar-refractivity contribution in [3.8, 4) is 0 Å². The van der Waals surface area contributed by atoms with Crippen LogP contribution in [0.5, 0.6) is 0 Å². The van der Waals surface area contributed by atoms with Gasteiger partial charge in [-0.3, -0.25) is 4.79 Å². The number of halogens is 1. The third-order valence-electron chi connectivity index (χ3n) is 14.6. The highest BCUT2D eigenvalue weighted by Crippen LogP contribution is 2.48. The molecule has 64 heavy (non-hydrogen) atoms. The molecule has 0 radical (unpaired) electrons. The Bertz CT molecular complexity index is 2600. The van der Waals surface area contributed by atoms with Gasteiger partial charge in [0.2, 0.25) is 11.6 Å². The number of hydrogen-bond donors (Lipinski definition) is 1. The van der Waals surface area contributed by atoms with Crippen LogP contribution in [0.25, 0.3) is 10.9 Å². The van der Waals surface area contributed by atoms with Crippen LogP contribution in [0.3, 0.4) is 0 Å². The van der Waals surface area contributed by atoms with E-state index in [0.29, 0.717) is 6.42 Å². The maximum atomic E-state index is 13.2. The molecule has 0 saturated carbocycles. The number of anilines is 2. The molecule has 4 aliphatic heterocycles. The summed E-state index contributed by atoms with van der Waals surface area (Å²) < 4.78 is 11.1. The summed E-state index contributed by atoms with van der Waals surface area (Å²) in [6.45, 7) is 15.2. The maximum absolute atomic E-state index is 13.2. The summed E-state index contributed by atoms with van der Waals surface area (Å²) in [4.78, 5) is 18.3. The number of unbranched alkanes of at least 4 members (excludes halogenated alkanes) is 3. The molecule has 4 aromatic carbocycles. The number of rotatable bonds is 15. The molecule has 9 rings (SSSR count). The fourth-order valence-electron chi connectivity index (χ4n) is 11.0. The molecule has 8 heteroatoms. The second-order valence-electron chi connectivity index (χ2n) is 19.3. The summed E-state index contributed by atoms with van der Waals surface area (Å²) in [7, 11) is 2.17. The van der Waals surface area contributed by atoms with Crippen molar-refractivity contribution in [2.45, 2.75) is 109 Å². The molecule has 0 unspecified atom stereocenters. The van der Waals surface area contributed by atoms with Crippen molar-refractivity contribution in [2.24, 2.45) is 0 Å². The zero-order chi connectivity index (χ0) is 43.6. The number of benzene rings is 4. The standard InChI is InChI=1S/C56H65N5O2.HI/c1-54(2)46-22-13-15-24-48(46)58(5)51(54)26-8-6-9-27-52-55(3,4)47-23-14-16-25-49(47)61(52)36-17-7-10-28-53(62)57-44-30-29-42-31-37-60(50(42)40-44)35-19-18-34-59-38-32-56(33-39-59)45-21-12-11-20-43(45)41-63-56;/h6,8-9,11-16,20-27,29-31,37,40H,7,10,17-19,28,32-36,38-39,41H2,1-5H3;1H. The topological polar surface area (TPSA) is 52.8 Å². The Labute approximate surface area is 398 Å². The number of piperidine rings is 1. The van der Waals surface area contributed by atoms with Crippen LogP contribution in [-0.2, 0) is 39.1 Å². The van der Waals surface area contributed by atoms with Gasteiger partial charge in [-0.15, -0.1) is 0 Å². The van der Waals surface area contributed by atoms with Gasteiger partial charge in [-0.25, -0.2) is 0 Å². The Balaban J connectivity index is 0.00000560. The van der Waals surface area contributed by atoms with E-state index in [0.717, 1.165) is 83.5 Å². The first-order chi connectivity index (χ1) is 30.5. The highest BCUT2D eigenvalue weighted by atomic mass is 127. The number of carbonyl (C=O) groups is 1. The van der Waals surface area contributed by atoms with Gasteiger partial charge in [0.25, 0.3) is 0 Å². The summed E-state index contributed by atoms with van der Waals surface area (Å²) in [6, 6.07) is 34.8. The zero-order valence-electron chi connectivity index (χ0n) is 38.6. The van der Waals surface area contributed by atoms with E-state index >= 15 is 0 Å². The predicted molar refractivity (Wildman–Crippen MR) is 260 cm³/mol. The van der Waals surface area contributed by atoms with Crippen LogP contribution >= 0.6 is 0 Å². The number of hydrogen-bond acceptors (Lipinski definition) is 4. The van der Waals surface area contributed by atoms with Gasteiger partial charge < -0.3 is 48.4 Å². The lowest BCUT2D eigenvalue weighted by molar-refractivity contribution is -0.401. The van der Waals surface area contributed by atoms with Gasteiger partial charge in [0, 0.05) is 79.0 Å². The molecule has 1 amide bonds. The van der Waals surface area contributed by atoms with Crippen LogP contribution < -0.4 is 34.2 Å². The van der Waals surface area contributed by atoms with E-state index in [4.69, 9.17) is 4.74 Å². The Kier molecular flexibility index (Phi) is 13.9. The zero-order valence-corrected chi connectivity index (χ0v) is 40.7. The van der Waals surface area contributed by atoms with E-state index in [1.54, 1.807) is 0 Å². The van der Waals surface area contributed by atoms with Crippen LogP contribution in [0.15, 0.2) is 139 Å². The molecule has 334 valence electrons. The van der Waals surface area contributed by atoms with Gasteiger partial charge in [0.15, 0.2) is 5.71 Å². The van der Waals surface area contributed by atoms with Crippen molar-refractivity contribution < 1.29 is 38.1 Å². The largest absolute Gasteiger partial charge is 1.00 e. The molecule has 1 N–H and O–H groups in total. The maximum Gasteiger partial charge on any atom is 0.224 e. The molecular weight excluding hydrogens is 902 g/mol. The highest BCUT2D eigenvalue weighted by molar-refractivity contribution is 6.03. The monoisotopic (exact) mass is 967 g/mol. The van der Waals surface area contributed by atoms with Crippen molar-refractivity contribution in [1.29, 1.82) is 0 Å². The molecule has 1 spiro atoms. The molecule has 1 saturated heterocycles. The van der Waals surface area contributed by atoms with E-state index in [2.05, 4.69) is 187 Å². The average Bonchev–Trinajstić information content (AvgIpc) is 3.97. The predicted octanol–water partition coefficient (Wildman–Crippen LogP) is 8.95. The van der Waals surface area contributed by atoms with Gasteiger partial charge in [-0.05, 0) is 111 Å². The second-order valence-corrected chi connectivity index (χ2v) is 19.3. The quantitative estimate of drug-likeness (QED) is 0.0493. The second kappa shape index (κ2) is 19.4. The number of nitrogens with one attached hydrogen (secondary N) is 1. The van der Waals surface area contributed by atoms with Crippen molar-refractivity contribution >= 4 is 39.6 Å². The fraction of sp³-hybridized carbons (Fsp3) is 0.393. The van der Waals surface area contributed by atoms with Gasteiger partial charge in [0.1, 0.15) is 7.05 Å². The lowest BCUT2D eigenvalue weighted by Gasteiger charge is -2.39. The van der Waals surface area contributed by atoms with E-state index in [-0.39, 0.29) is 46.3 Å². The van der Waals surface area contributed by atoms with Crippen molar-refractivity contribution in [3.05, 3.63) is 162 Å². The van der Waals surface area contributed by atoms with Crippen LogP contribution in [0.1, 0.15) is 101 Å². The Morgan fingerprint density at radius 1 is 0.750 bits per heavy atom. The van der Waals surface area contributed by atoms with E-state index < -0.39 is 0 Å². The normalized spacial score (nSPS) is 19.0. The third kappa shape index (κ3) is 9.07. The number of nitrogens with zero attached hydrogens (tertiary/aromatic N) is 4. The van der Waals surface area contributed by atoms with Crippen molar-refractivity contribution in [3.63, 3.8) is 0 Å². The molecule has 1 aromatic heterocycles. The van der Waals surface area contributed by atoms with Gasteiger partial charge in [-0.2, -0.15) is 4.58 Å². The molecular formula is C56H66IN5O2. The van der Waals surface area contributed by atoms with Crippen LogP contribution in [0.4, 0.5) is 17.1 Å². The number of allylic oxidation sites excluding steroid dienone is 6. The van der Waals surface area contributed by atoms with Crippen molar-refractivity contribution in [1.82, 2.24) is 9.47 Å². The molecule has 0 aliphatic carbocycles.